The summed E-state index contributed by atoms with van der Waals surface area (Å²) in [7, 11) is 0. The van der Waals surface area contributed by atoms with E-state index in [0.29, 0.717) is 6.04 Å². The number of benzene rings is 1. The fourth-order valence-corrected chi connectivity index (χ4v) is 5.17. The molecule has 0 atom stereocenters. The Balaban J connectivity index is 1.43. The van der Waals surface area contributed by atoms with Crippen LogP contribution in [0.5, 0.6) is 11.5 Å². The maximum absolute atomic E-state index is 9.56. The molecular weight excluding hydrogens is 250 g/mol. The largest absolute Gasteiger partial charge is 0.504 e. The molecule has 3 nitrogen and oxygen atoms in total. The lowest BCUT2D eigenvalue weighted by Crippen LogP contribution is -2.54. The van der Waals surface area contributed by atoms with Crippen LogP contribution in [0, 0.1) is 23.7 Å². The van der Waals surface area contributed by atoms with E-state index in [0.717, 1.165) is 35.8 Å². The van der Waals surface area contributed by atoms with Gasteiger partial charge >= 0.3 is 0 Å². The Morgan fingerprint density at radius 1 is 0.900 bits per heavy atom. The fourth-order valence-electron chi connectivity index (χ4n) is 5.17. The first kappa shape index (κ1) is 12.5. The zero-order chi connectivity index (χ0) is 13.7. The predicted octanol–water partition coefficient (Wildman–Crippen LogP) is 3.01. The number of aromatic hydroxyl groups is 2. The molecule has 1 aromatic rings. The van der Waals surface area contributed by atoms with Crippen molar-refractivity contribution in [1.82, 2.24) is 5.32 Å². The van der Waals surface area contributed by atoms with Crippen molar-refractivity contribution in [2.75, 3.05) is 0 Å². The van der Waals surface area contributed by atoms with Crippen molar-refractivity contribution in [3.05, 3.63) is 23.8 Å². The molecule has 4 fully saturated rings. The zero-order valence-electron chi connectivity index (χ0n) is 11.8. The average molecular weight is 273 g/mol. The van der Waals surface area contributed by atoms with Gasteiger partial charge in [0, 0.05) is 12.6 Å². The molecule has 0 aliphatic heterocycles. The highest BCUT2D eigenvalue weighted by Crippen LogP contribution is 2.53. The summed E-state index contributed by atoms with van der Waals surface area (Å²) < 4.78 is 0. The van der Waals surface area contributed by atoms with Crippen molar-refractivity contribution in [3.8, 4) is 11.5 Å². The molecule has 0 heterocycles. The average Bonchev–Trinajstić information content (AvgIpc) is 2.41. The number of phenolic OH excluding ortho intramolecular Hbond substituents is 2. The van der Waals surface area contributed by atoms with Crippen molar-refractivity contribution in [1.29, 1.82) is 0 Å². The molecule has 4 bridgehead atoms. The third-order valence-corrected chi connectivity index (χ3v) is 5.81. The minimum Gasteiger partial charge on any atom is -0.504 e. The smallest absolute Gasteiger partial charge is 0.157 e. The van der Waals surface area contributed by atoms with Crippen LogP contribution < -0.4 is 5.32 Å². The van der Waals surface area contributed by atoms with Gasteiger partial charge in [-0.25, -0.2) is 0 Å². The molecule has 0 aromatic heterocycles. The van der Waals surface area contributed by atoms with Gasteiger partial charge < -0.3 is 15.5 Å². The molecule has 5 rings (SSSR count). The molecule has 1 aromatic carbocycles. The molecule has 4 aliphatic rings. The summed E-state index contributed by atoms with van der Waals surface area (Å²) in [6.45, 7) is 0.793. The van der Waals surface area contributed by atoms with Gasteiger partial charge in [-0.1, -0.05) is 6.07 Å². The topological polar surface area (TPSA) is 52.5 Å². The van der Waals surface area contributed by atoms with E-state index in [9.17, 15) is 10.2 Å². The van der Waals surface area contributed by atoms with Crippen molar-refractivity contribution in [3.63, 3.8) is 0 Å². The summed E-state index contributed by atoms with van der Waals surface area (Å²) >= 11 is 0. The Kier molecular flexibility index (Phi) is 2.92. The quantitative estimate of drug-likeness (QED) is 0.742. The van der Waals surface area contributed by atoms with Gasteiger partial charge in [-0.05, 0) is 73.5 Å². The lowest BCUT2D eigenvalue weighted by atomic mass is 9.54. The molecular formula is C17H23NO2. The van der Waals surface area contributed by atoms with E-state index in [2.05, 4.69) is 5.32 Å². The maximum Gasteiger partial charge on any atom is 0.157 e. The van der Waals surface area contributed by atoms with Gasteiger partial charge in [0.25, 0.3) is 0 Å². The Morgan fingerprint density at radius 2 is 1.55 bits per heavy atom. The number of rotatable bonds is 3. The first-order chi connectivity index (χ1) is 9.69. The van der Waals surface area contributed by atoms with Gasteiger partial charge in [0.05, 0.1) is 0 Å². The van der Waals surface area contributed by atoms with E-state index < -0.39 is 0 Å². The molecule has 0 saturated heterocycles. The van der Waals surface area contributed by atoms with Crippen molar-refractivity contribution in [2.45, 2.75) is 44.7 Å². The van der Waals surface area contributed by atoms with Gasteiger partial charge in [-0.15, -0.1) is 0 Å². The molecule has 0 radical (unpaired) electrons. The van der Waals surface area contributed by atoms with E-state index in [1.807, 2.05) is 6.07 Å². The van der Waals surface area contributed by atoms with Crippen LogP contribution in [0.4, 0.5) is 0 Å². The van der Waals surface area contributed by atoms with Crippen molar-refractivity contribution >= 4 is 0 Å². The molecule has 20 heavy (non-hydrogen) atoms. The van der Waals surface area contributed by atoms with Crippen molar-refractivity contribution < 1.29 is 10.2 Å². The maximum atomic E-state index is 9.56. The molecule has 3 heteroatoms. The highest BCUT2D eigenvalue weighted by atomic mass is 16.3. The SMILES string of the molecule is Oc1ccc(CNC2C3CC4CC(C3)CC2C4)cc1O. The summed E-state index contributed by atoms with van der Waals surface area (Å²) in [5.41, 5.74) is 1.05. The third kappa shape index (κ3) is 2.08. The van der Waals surface area contributed by atoms with Gasteiger partial charge in [0.2, 0.25) is 0 Å². The lowest BCUT2D eigenvalue weighted by molar-refractivity contribution is -0.0142. The van der Waals surface area contributed by atoms with Crippen LogP contribution in [-0.2, 0) is 6.54 Å². The second-order valence-electron chi connectivity index (χ2n) is 7.16. The first-order valence-electron chi connectivity index (χ1n) is 7.93. The molecule has 4 aliphatic carbocycles. The van der Waals surface area contributed by atoms with E-state index in [4.69, 9.17) is 0 Å². The Bertz CT molecular complexity index is 486. The third-order valence-electron chi connectivity index (χ3n) is 5.81. The van der Waals surface area contributed by atoms with Crippen LogP contribution in [0.2, 0.25) is 0 Å². The molecule has 0 unspecified atom stereocenters. The highest BCUT2D eigenvalue weighted by molar-refractivity contribution is 5.40. The zero-order valence-corrected chi connectivity index (χ0v) is 11.8. The first-order valence-corrected chi connectivity index (χ1v) is 7.93. The number of hydrogen-bond acceptors (Lipinski definition) is 3. The van der Waals surface area contributed by atoms with Gasteiger partial charge in [-0.3, -0.25) is 0 Å². The van der Waals surface area contributed by atoms with E-state index in [-0.39, 0.29) is 11.5 Å². The standard InChI is InChI=1S/C17H23NO2/c19-15-2-1-10(8-16(15)20)9-18-17-13-4-11-3-12(6-13)7-14(17)5-11/h1-2,8,11-14,17-20H,3-7,9H2. The normalized spacial score (nSPS) is 38.3. The number of nitrogens with one attached hydrogen (secondary N) is 1. The molecule has 4 saturated carbocycles. The van der Waals surface area contributed by atoms with Gasteiger partial charge in [0.1, 0.15) is 0 Å². The second kappa shape index (κ2) is 4.66. The summed E-state index contributed by atoms with van der Waals surface area (Å²) in [6.07, 6.45) is 7.18. The van der Waals surface area contributed by atoms with Crippen LogP contribution >= 0.6 is 0 Å². The molecule has 3 N–H and O–H groups in total. The minimum atomic E-state index is -0.0385. The van der Waals surface area contributed by atoms with Crippen LogP contribution in [0.25, 0.3) is 0 Å². The summed E-state index contributed by atoms with van der Waals surface area (Å²) in [5, 5.41) is 22.7. The molecule has 0 amide bonds. The minimum absolute atomic E-state index is 0.0191. The van der Waals surface area contributed by atoms with Gasteiger partial charge in [0.15, 0.2) is 11.5 Å². The van der Waals surface area contributed by atoms with Crippen LogP contribution in [0.15, 0.2) is 18.2 Å². The van der Waals surface area contributed by atoms with E-state index >= 15 is 0 Å². The van der Waals surface area contributed by atoms with Crippen LogP contribution in [0.1, 0.15) is 37.7 Å². The number of phenols is 2. The van der Waals surface area contributed by atoms with Crippen molar-refractivity contribution in [2.24, 2.45) is 23.7 Å². The second-order valence-corrected chi connectivity index (χ2v) is 7.16. The lowest BCUT2D eigenvalue weighted by Gasteiger charge is -2.54. The summed E-state index contributed by atoms with van der Waals surface area (Å²) in [5.74, 6) is 3.70. The Labute approximate surface area is 120 Å². The Morgan fingerprint density at radius 3 is 2.15 bits per heavy atom. The molecule has 108 valence electrons. The van der Waals surface area contributed by atoms with E-state index in [1.165, 1.54) is 32.1 Å². The van der Waals surface area contributed by atoms with Gasteiger partial charge in [-0.2, -0.15) is 0 Å². The predicted molar refractivity (Wildman–Crippen MR) is 77.4 cm³/mol. The summed E-state index contributed by atoms with van der Waals surface area (Å²) in [6, 6.07) is 5.79. The monoisotopic (exact) mass is 273 g/mol. The number of hydrogen-bond donors (Lipinski definition) is 3. The fraction of sp³-hybridized carbons (Fsp3) is 0.647. The summed E-state index contributed by atoms with van der Waals surface area (Å²) in [4.78, 5) is 0. The molecule has 0 spiro atoms. The van der Waals surface area contributed by atoms with Crippen LogP contribution in [0.3, 0.4) is 0 Å². The van der Waals surface area contributed by atoms with Crippen LogP contribution in [-0.4, -0.2) is 16.3 Å². The van der Waals surface area contributed by atoms with E-state index in [1.54, 1.807) is 12.1 Å². The highest BCUT2D eigenvalue weighted by Gasteiger charge is 2.47. The Hall–Kier alpha value is -1.22.